The number of likely N-dealkylation sites (tertiary alicyclic amines) is 1. The van der Waals surface area contributed by atoms with Gasteiger partial charge in [-0.1, -0.05) is 0 Å². The minimum Gasteiger partial charge on any atom is -0.459 e. The number of carbonyl (C=O) groups excluding carboxylic acids is 1. The zero-order chi connectivity index (χ0) is 19.0. The molecular weight excluding hydrogens is 348 g/mol. The molecule has 0 spiro atoms. The molecular formula is C19H32N4O2S. The Morgan fingerprint density at radius 1 is 1.38 bits per heavy atom. The maximum atomic E-state index is 11.9. The Balaban J connectivity index is 1.78. The molecule has 146 valence electrons. The van der Waals surface area contributed by atoms with Gasteiger partial charge in [-0.2, -0.15) is 11.3 Å². The van der Waals surface area contributed by atoms with Gasteiger partial charge in [0.25, 0.3) is 0 Å². The molecule has 0 aliphatic carbocycles. The van der Waals surface area contributed by atoms with Crippen LogP contribution in [0.5, 0.6) is 0 Å². The molecule has 0 saturated carbocycles. The third-order valence-corrected chi connectivity index (χ3v) is 4.78. The van der Waals surface area contributed by atoms with Gasteiger partial charge in [-0.15, -0.1) is 0 Å². The van der Waals surface area contributed by atoms with Crippen LogP contribution in [0.1, 0.15) is 46.1 Å². The summed E-state index contributed by atoms with van der Waals surface area (Å²) in [5.74, 6) is 0.384. The lowest BCUT2D eigenvalue weighted by Crippen LogP contribution is -2.48. The second-order valence-electron chi connectivity index (χ2n) is 7.61. The van der Waals surface area contributed by atoms with E-state index in [-0.39, 0.29) is 12.5 Å². The quantitative estimate of drug-likeness (QED) is 0.451. The zero-order valence-electron chi connectivity index (χ0n) is 16.4. The Hall–Kier alpha value is -1.60. The lowest BCUT2D eigenvalue weighted by molar-refractivity contribution is -0.152. The van der Waals surface area contributed by atoms with E-state index >= 15 is 0 Å². The second-order valence-corrected chi connectivity index (χ2v) is 8.39. The van der Waals surface area contributed by atoms with Crippen LogP contribution in [0.15, 0.2) is 21.8 Å². The van der Waals surface area contributed by atoms with Gasteiger partial charge in [-0.05, 0) is 62.9 Å². The minimum atomic E-state index is -0.479. The Morgan fingerprint density at radius 2 is 2.12 bits per heavy atom. The van der Waals surface area contributed by atoms with Crippen molar-refractivity contribution in [3.8, 4) is 0 Å². The Bertz CT molecular complexity index is 573. The monoisotopic (exact) mass is 380 g/mol. The number of piperidine rings is 1. The van der Waals surface area contributed by atoms with Crippen molar-refractivity contribution in [3.63, 3.8) is 0 Å². The summed E-state index contributed by atoms with van der Waals surface area (Å²) < 4.78 is 5.31. The third kappa shape index (κ3) is 7.74. The largest absolute Gasteiger partial charge is 0.459 e. The SMILES string of the molecule is CCNC(=NCC(=O)OC(C)(C)C)NC1CCN(Cc2ccsc2)CC1. The van der Waals surface area contributed by atoms with Gasteiger partial charge in [0.2, 0.25) is 0 Å². The van der Waals surface area contributed by atoms with Crippen molar-refractivity contribution >= 4 is 23.3 Å². The van der Waals surface area contributed by atoms with Gasteiger partial charge in [0.1, 0.15) is 12.1 Å². The van der Waals surface area contributed by atoms with E-state index in [1.807, 2.05) is 27.7 Å². The van der Waals surface area contributed by atoms with E-state index in [1.165, 1.54) is 5.56 Å². The normalized spacial score (nSPS) is 17.2. The number of guanidine groups is 1. The van der Waals surface area contributed by atoms with Crippen LogP contribution in [0, 0.1) is 0 Å². The predicted molar refractivity (Wildman–Crippen MR) is 108 cm³/mol. The fourth-order valence-electron chi connectivity index (χ4n) is 2.91. The molecule has 2 rings (SSSR count). The molecule has 0 radical (unpaired) electrons. The number of nitrogens with one attached hydrogen (secondary N) is 2. The van der Waals surface area contributed by atoms with Gasteiger partial charge in [-0.3, -0.25) is 9.69 Å². The van der Waals surface area contributed by atoms with Gasteiger partial charge in [0.05, 0.1) is 0 Å². The molecule has 1 fully saturated rings. The first-order valence-corrected chi connectivity index (χ1v) is 10.3. The van der Waals surface area contributed by atoms with E-state index in [4.69, 9.17) is 4.74 Å². The summed E-state index contributed by atoms with van der Waals surface area (Å²) in [7, 11) is 0. The molecule has 26 heavy (non-hydrogen) atoms. The minimum absolute atomic E-state index is 0.0314. The molecule has 1 aliphatic heterocycles. The van der Waals surface area contributed by atoms with Crippen molar-refractivity contribution in [2.45, 2.75) is 58.7 Å². The number of ether oxygens (including phenoxy) is 1. The average Bonchev–Trinajstić information content (AvgIpc) is 3.06. The van der Waals surface area contributed by atoms with Gasteiger partial charge in [0, 0.05) is 32.2 Å². The van der Waals surface area contributed by atoms with Crippen LogP contribution >= 0.6 is 11.3 Å². The van der Waals surface area contributed by atoms with Crippen molar-refractivity contribution < 1.29 is 9.53 Å². The molecule has 1 saturated heterocycles. The van der Waals surface area contributed by atoms with Crippen LogP contribution in [0.3, 0.4) is 0 Å². The highest BCUT2D eigenvalue weighted by Crippen LogP contribution is 2.15. The maximum Gasteiger partial charge on any atom is 0.328 e. The van der Waals surface area contributed by atoms with Gasteiger partial charge in [0.15, 0.2) is 5.96 Å². The summed E-state index contributed by atoms with van der Waals surface area (Å²) >= 11 is 1.75. The third-order valence-electron chi connectivity index (χ3n) is 4.05. The number of aliphatic imine (C=N–C) groups is 1. The molecule has 1 aromatic heterocycles. The van der Waals surface area contributed by atoms with E-state index in [0.29, 0.717) is 12.0 Å². The molecule has 2 heterocycles. The van der Waals surface area contributed by atoms with E-state index < -0.39 is 5.60 Å². The second kappa shape index (κ2) is 9.92. The topological polar surface area (TPSA) is 66.0 Å². The average molecular weight is 381 g/mol. The Kier molecular flexibility index (Phi) is 7.90. The summed E-state index contributed by atoms with van der Waals surface area (Å²) in [4.78, 5) is 18.7. The van der Waals surface area contributed by atoms with Crippen LogP contribution in [-0.2, 0) is 16.1 Å². The lowest BCUT2D eigenvalue weighted by Gasteiger charge is -2.33. The molecule has 0 atom stereocenters. The molecule has 2 N–H and O–H groups in total. The summed E-state index contributed by atoms with van der Waals surface area (Å²) in [6, 6.07) is 2.58. The van der Waals surface area contributed by atoms with Crippen LogP contribution in [-0.4, -0.2) is 54.7 Å². The molecule has 7 heteroatoms. The highest BCUT2D eigenvalue weighted by molar-refractivity contribution is 7.07. The van der Waals surface area contributed by atoms with Crippen LogP contribution in [0.2, 0.25) is 0 Å². The molecule has 0 unspecified atom stereocenters. The fraction of sp³-hybridized carbons (Fsp3) is 0.684. The summed E-state index contributed by atoms with van der Waals surface area (Å²) in [5, 5.41) is 11.0. The molecule has 6 nitrogen and oxygen atoms in total. The summed E-state index contributed by atoms with van der Waals surface area (Å²) in [6.07, 6.45) is 2.14. The maximum absolute atomic E-state index is 11.9. The highest BCUT2D eigenvalue weighted by Gasteiger charge is 2.21. The van der Waals surface area contributed by atoms with Crippen molar-refractivity contribution in [2.75, 3.05) is 26.2 Å². The number of carbonyl (C=O) groups is 1. The zero-order valence-corrected chi connectivity index (χ0v) is 17.2. The number of hydrogen-bond donors (Lipinski definition) is 2. The van der Waals surface area contributed by atoms with Gasteiger partial charge >= 0.3 is 5.97 Å². The number of rotatable bonds is 6. The predicted octanol–water partition coefficient (Wildman–Crippen LogP) is 2.61. The van der Waals surface area contributed by atoms with Gasteiger partial charge in [-0.25, -0.2) is 4.99 Å². The van der Waals surface area contributed by atoms with E-state index in [9.17, 15) is 4.79 Å². The summed E-state index contributed by atoms with van der Waals surface area (Å²) in [5.41, 5.74) is 0.918. The number of thiophene rings is 1. The lowest BCUT2D eigenvalue weighted by atomic mass is 10.0. The van der Waals surface area contributed by atoms with Crippen LogP contribution in [0.25, 0.3) is 0 Å². The van der Waals surface area contributed by atoms with E-state index in [1.54, 1.807) is 11.3 Å². The first kappa shape index (κ1) is 20.7. The Morgan fingerprint density at radius 3 is 2.69 bits per heavy atom. The number of hydrogen-bond acceptors (Lipinski definition) is 5. The van der Waals surface area contributed by atoms with Crippen LogP contribution in [0.4, 0.5) is 0 Å². The summed E-state index contributed by atoms with van der Waals surface area (Å²) in [6.45, 7) is 11.6. The van der Waals surface area contributed by atoms with Crippen LogP contribution < -0.4 is 10.6 Å². The Labute approximate surface area is 161 Å². The van der Waals surface area contributed by atoms with Crippen molar-refractivity contribution in [1.29, 1.82) is 0 Å². The van der Waals surface area contributed by atoms with E-state index in [0.717, 1.165) is 39.0 Å². The van der Waals surface area contributed by atoms with Crippen molar-refractivity contribution in [3.05, 3.63) is 22.4 Å². The smallest absolute Gasteiger partial charge is 0.328 e. The highest BCUT2D eigenvalue weighted by atomic mass is 32.1. The molecule has 0 aromatic carbocycles. The molecule has 0 bridgehead atoms. The van der Waals surface area contributed by atoms with Gasteiger partial charge < -0.3 is 15.4 Å². The molecule has 1 aromatic rings. The molecule has 1 aliphatic rings. The number of nitrogens with zero attached hydrogens (tertiary/aromatic N) is 2. The first-order valence-electron chi connectivity index (χ1n) is 9.36. The number of esters is 1. The molecule has 0 amide bonds. The standard InChI is InChI=1S/C19H32N4O2S/c1-5-20-18(21-12-17(24)25-19(2,3)4)22-16-6-9-23(10-7-16)13-15-8-11-26-14-15/h8,11,14,16H,5-7,9-10,12-13H2,1-4H3,(H2,20,21,22). The van der Waals surface area contributed by atoms with Crippen molar-refractivity contribution in [1.82, 2.24) is 15.5 Å². The fourth-order valence-corrected chi connectivity index (χ4v) is 3.57. The first-order chi connectivity index (χ1) is 12.4. The van der Waals surface area contributed by atoms with Crippen molar-refractivity contribution in [2.24, 2.45) is 4.99 Å². The van der Waals surface area contributed by atoms with E-state index in [2.05, 4.69) is 37.4 Å².